The highest BCUT2D eigenvalue weighted by molar-refractivity contribution is 7.91. The fourth-order valence-corrected chi connectivity index (χ4v) is 4.09. The fourth-order valence-electron chi connectivity index (χ4n) is 2.38. The van der Waals surface area contributed by atoms with E-state index in [0.29, 0.717) is 11.8 Å². The first kappa shape index (κ1) is 11.0. The Morgan fingerprint density at radius 3 is 2.38 bits per heavy atom. The van der Waals surface area contributed by atoms with Gasteiger partial charge in [0.05, 0.1) is 5.25 Å². The number of hydrogen-bond acceptors (Lipinski definition) is 2. The Morgan fingerprint density at radius 2 is 1.92 bits per heavy atom. The molecule has 0 bridgehead atoms. The molecule has 0 amide bonds. The van der Waals surface area contributed by atoms with Crippen LogP contribution >= 0.6 is 0 Å². The Hall–Kier alpha value is -0.0500. The van der Waals surface area contributed by atoms with E-state index in [1.54, 1.807) is 0 Å². The molecule has 3 heteroatoms. The Balaban J connectivity index is 2.77. The summed E-state index contributed by atoms with van der Waals surface area (Å²) >= 11 is 0. The lowest BCUT2D eigenvalue weighted by atomic mass is 9.81. The van der Waals surface area contributed by atoms with E-state index in [1.165, 1.54) is 12.7 Å². The van der Waals surface area contributed by atoms with E-state index >= 15 is 0 Å². The fraction of sp³-hybridized carbons (Fsp3) is 1.00. The molecule has 3 unspecified atom stereocenters. The summed E-state index contributed by atoms with van der Waals surface area (Å²) in [6.45, 7) is 4.25. The van der Waals surface area contributed by atoms with Gasteiger partial charge in [-0.05, 0) is 24.7 Å². The minimum absolute atomic E-state index is 0.0683. The van der Waals surface area contributed by atoms with Crippen LogP contribution in [0.1, 0.15) is 39.5 Å². The maximum atomic E-state index is 11.5. The molecule has 1 saturated carbocycles. The topological polar surface area (TPSA) is 34.1 Å². The molecule has 0 heterocycles. The Bertz CT molecular complexity index is 256. The van der Waals surface area contributed by atoms with Gasteiger partial charge >= 0.3 is 0 Å². The van der Waals surface area contributed by atoms with Crippen LogP contribution in [-0.2, 0) is 9.84 Å². The monoisotopic (exact) mass is 204 g/mol. The van der Waals surface area contributed by atoms with Crippen molar-refractivity contribution in [3.63, 3.8) is 0 Å². The van der Waals surface area contributed by atoms with Crippen LogP contribution in [0.5, 0.6) is 0 Å². The summed E-state index contributed by atoms with van der Waals surface area (Å²) in [5, 5.41) is -0.0683. The van der Waals surface area contributed by atoms with Crippen molar-refractivity contribution in [3.05, 3.63) is 0 Å². The third-order valence-corrected chi connectivity index (χ3v) is 4.94. The molecule has 0 spiro atoms. The van der Waals surface area contributed by atoms with Crippen molar-refractivity contribution in [1.82, 2.24) is 0 Å². The molecule has 0 aromatic carbocycles. The number of hydrogen-bond donors (Lipinski definition) is 0. The minimum Gasteiger partial charge on any atom is -0.229 e. The van der Waals surface area contributed by atoms with Gasteiger partial charge in [0, 0.05) is 6.26 Å². The van der Waals surface area contributed by atoms with Crippen LogP contribution in [0.3, 0.4) is 0 Å². The molecular weight excluding hydrogens is 184 g/mol. The highest BCUT2D eigenvalue weighted by atomic mass is 32.2. The van der Waals surface area contributed by atoms with Gasteiger partial charge in [0.2, 0.25) is 0 Å². The molecule has 0 radical (unpaired) electrons. The molecule has 1 aliphatic rings. The average Bonchev–Trinajstić information content (AvgIpc) is 2.03. The third kappa shape index (κ3) is 2.70. The Kier molecular flexibility index (Phi) is 3.38. The van der Waals surface area contributed by atoms with E-state index in [1.807, 2.05) is 0 Å². The maximum absolute atomic E-state index is 11.5. The van der Waals surface area contributed by atoms with Gasteiger partial charge in [0.25, 0.3) is 0 Å². The van der Waals surface area contributed by atoms with Gasteiger partial charge in [-0.15, -0.1) is 0 Å². The third-order valence-electron chi connectivity index (χ3n) is 3.27. The van der Waals surface area contributed by atoms with Crippen molar-refractivity contribution >= 4 is 9.84 Å². The maximum Gasteiger partial charge on any atom is 0.150 e. The van der Waals surface area contributed by atoms with Crippen molar-refractivity contribution in [2.45, 2.75) is 44.8 Å². The van der Waals surface area contributed by atoms with E-state index in [4.69, 9.17) is 0 Å². The molecule has 0 N–H and O–H groups in total. The second-order valence-electron chi connectivity index (χ2n) is 4.45. The molecule has 3 atom stereocenters. The van der Waals surface area contributed by atoms with E-state index in [2.05, 4.69) is 13.8 Å². The molecule has 1 rings (SSSR count). The SMILES string of the molecule is CCC1CCC(C)CC1S(C)(=O)=O. The first-order chi connectivity index (χ1) is 5.95. The molecule has 1 fully saturated rings. The zero-order chi connectivity index (χ0) is 10.1. The largest absolute Gasteiger partial charge is 0.229 e. The number of sulfone groups is 1. The summed E-state index contributed by atoms with van der Waals surface area (Å²) in [6, 6.07) is 0. The van der Waals surface area contributed by atoms with E-state index < -0.39 is 9.84 Å². The Labute approximate surface area is 81.6 Å². The summed E-state index contributed by atoms with van der Waals surface area (Å²) in [5.74, 6) is 0.994. The van der Waals surface area contributed by atoms with Crippen molar-refractivity contribution in [2.75, 3.05) is 6.26 Å². The predicted octanol–water partition coefficient (Wildman–Crippen LogP) is 2.25. The van der Waals surface area contributed by atoms with Crippen LogP contribution in [0.2, 0.25) is 0 Å². The predicted molar refractivity (Wildman–Crippen MR) is 55.4 cm³/mol. The van der Waals surface area contributed by atoms with Gasteiger partial charge < -0.3 is 0 Å². The first-order valence-corrected chi connectivity index (χ1v) is 7.09. The highest BCUT2D eigenvalue weighted by Gasteiger charge is 2.33. The lowest BCUT2D eigenvalue weighted by molar-refractivity contribution is 0.286. The lowest BCUT2D eigenvalue weighted by Crippen LogP contribution is -2.34. The molecule has 78 valence electrons. The van der Waals surface area contributed by atoms with Gasteiger partial charge in [-0.1, -0.05) is 26.7 Å². The first-order valence-electron chi connectivity index (χ1n) is 5.14. The molecular formula is C10H20O2S. The van der Waals surface area contributed by atoms with Crippen LogP contribution in [0, 0.1) is 11.8 Å². The van der Waals surface area contributed by atoms with Gasteiger partial charge in [-0.2, -0.15) is 0 Å². The number of rotatable bonds is 2. The summed E-state index contributed by atoms with van der Waals surface area (Å²) in [5.41, 5.74) is 0. The molecule has 0 aromatic heterocycles. The average molecular weight is 204 g/mol. The second-order valence-corrected chi connectivity index (χ2v) is 6.72. The Morgan fingerprint density at radius 1 is 1.31 bits per heavy atom. The zero-order valence-electron chi connectivity index (χ0n) is 8.79. The summed E-state index contributed by atoms with van der Waals surface area (Å²) < 4.78 is 23.0. The molecule has 1 aliphatic carbocycles. The van der Waals surface area contributed by atoms with Crippen LogP contribution in [0.15, 0.2) is 0 Å². The normalized spacial score (nSPS) is 36.1. The quantitative estimate of drug-likeness (QED) is 0.691. The molecule has 0 aliphatic heterocycles. The van der Waals surface area contributed by atoms with Crippen molar-refractivity contribution in [1.29, 1.82) is 0 Å². The van der Waals surface area contributed by atoms with Crippen molar-refractivity contribution < 1.29 is 8.42 Å². The molecule has 2 nitrogen and oxygen atoms in total. The minimum atomic E-state index is -2.82. The van der Waals surface area contributed by atoms with Crippen LogP contribution in [-0.4, -0.2) is 19.9 Å². The summed E-state index contributed by atoms with van der Waals surface area (Å²) in [7, 11) is -2.82. The van der Waals surface area contributed by atoms with Gasteiger partial charge in [-0.3, -0.25) is 0 Å². The second kappa shape index (κ2) is 3.99. The van der Waals surface area contributed by atoms with E-state index in [9.17, 15) is 8.42 Å². The lowest BCUT2D eigenvalue weighted by Gasteiger charge is -2.32. The molecule has 0 aromatic rings. The zero-order valence-corrected chi connectivity index (χ0v) is 9.60. The van der Waals surface area contributed by atoms with E-state index in [0.717, 1.165) is 19.3 Å². The summed E-state index contributed by atoms with van der Waals surface area (Å²) in [4.78, 5) is 0. The van der Waals surface area contributed by atoms with Crippen LogP contribution < -0.4 is 0 Å². The molecule has 13 heavy (non-hydrogen) atoms. The summed E-state index contributed by atoms with van der Waals surface area (Å²) in [6.07, 6.45) is 5.56. The van der Waals surface area contributed by atoms with Crippen molar-refractivity contribution in [3.8, 4) is 0 Å². The van der Waals surface area contributed by atoms with Crippen LogP contribution in [0.25, 0.3) is 0 Å². The van der Waals surface area contributed by atoms with E-state index in [-0.39, 0.29) is 5.25 Å². The molecule has 0 saturated heterocycles. The van der Waals surface area contributed by atoms with Gasteiger partial charge in [0.1, 0.15) is 0 Å². The van der Waals surface area contributed by atoms with Crippen LogP contribution in [0.4, 0.5) is 0 Å². The smallest absolute Gasteiger partial charge is 0.150 e. The van der Waals surface area contributed by atoms with Gasteiger partial charge in [-0.25, -0.2) is 8.42 Å². The van der Waals surface area contributed by atoms with Crippen molar-refractivity contribution in [2.24, 2.45) is 11.8 Å². The standard InChI is InChI=1S/C10H20O2S/c1-4-9-6-5-8(2)7-10(9)13(3,11)12/h8-10H,4-7H2,1-3H3. The highest BCUT2D eigenvalue weighted by Crippen LogP contribution is 2.34. The van der Waals surface area contributed by atoms with Gasteiger partial charge in [0.15, 0.2) is 9.84 Å².